The molecule has 182 valence electrons. The molecular weight excluding hydrogens is 475 g/mol. The number of halogens is 5. The van der Waals surface area contributed by atoms with E-state index in [4.69, 9.17) is 9.47 Å². The van der Waals surface area contributed by atoms with Gasteiger partial charge in [0.15, 0.2) is 17.4 Å². The highest BCUT2D eigenvalue weighted by molar-refractivity contribution is 5.49. The zero-order valence-electron chi connectivity index (χ0n) is 17.9. The first kappa shape index (κ1) is 22.8. The van der Waals surface area contributed by atoms with Crippen LogP contribution >= 0.6 is 0 Å². The van der Waals surface area contributed by atoms with E-state index in [1.807, 2.05) is 6.08 Å². The van der Waals surface area contributed by atoms with Crippen LogP contribution in [0.5, 0.6) is 17.4 Å². The van der Waals surface area contributed by atoms with E-state index in [0.717, 1.165) is 30.8 Å². The van der Waals surface area contributed by atoms with Gasteiger partial charge in [-0.15, -0.1) is 0 Å². The van der Waals surface area contributed by atoms with Crippen LogP contribution < -0.4 is 20.1 Å². The number of hydrogen-bond acceptors (Lipinski definition) is 6. The minimum absolute atomic E-state index is 0.00839. The summed E-state index contributed by atoms with van der Waals surface area (Å²) in [6.45, 7) is 0.861. The van der Waals surface area contributed by atoms with Crippen molar-refractivity contribution in [1.29, 1.82) is 0 Å². The molecule has 1 aromatic carbocycles. The van der Waals surface area contributed by atoms with Crippen LogP contribution in [0.2, 0.25) is 0 Å². The lowest BCUT2D eigenvalue weighted by Gasteiger charge is -2.26. The highest BCUT2D eigenvalue weighted by Gasteiger charge is 2.33. The fourth-order valence-electron chi connectivity index (χ4n) is 4.04. The quantitative estimate of drug-likeness (QED) is 0.387. The van der Waals surface area contributed by atoms with Gasteiger partial charge in [-0.05, 0) is 30.2 Å². The van der Waals surface area contributed by atoms with Crippen molar-refractivity contribution in [3.63, 3.8) is 0 Å². The SMILES string of the molecule is O=c1nc(OCc2cc(F)c(Oc3ccnc(C(F)(F)F)c3)c(F)c2)cc2n1C[C@H]1CC=CCN21. The Hall–Kier alpha value is -3.96. The Balaban J connectivity index is 1.32. The summed E-state index contributed by atoms with van der Waals surface area (Å²) in [5, 5.41) is 0. The van der Waals surface area contributed by atoms with Gasteiger partial charge in [0.25, 0.3) is 0 Å². The predicted octanol–water partition coefficient (Wildman–Crippen LogP) is 4.46. The van der Waals surface area contributed by atoms with Gasteiger partial charge in [0.2, 0.25) is 5.88 Å². The van der Waals surface area contributed by atoms with Gasteiger partial charge in [-0.3, -0.25) is 9.55 Å². The molecule has 12 heteroatoms. The molecule has 0 radical (unpaired) electrons. The summed E-state index contributed by atoms with van der Waals surface area (Å²) in [5.41, 5.74) is -1.67. The maximum atomic E-state index is 14.5. The molecule has 5 rings (SSSR count). The van der Waals surface area contributed by atoms with E-state index in [1.54, 1.807) is 10.6 Å². The maximum Gasteiger partial charge on any atom is 0.433 e. The van der Waals surface area contributed by atoms with Crippen LogP contribution in [0.25, 0.3) is 0 Å². The van der Waals surface area contributed by atoms with Gasteiger partial charge in [0.1, 0.15) is 23.9 Å². The molecule has 0 unspecified atom stereocenters. The number of ether oxygens (including phenoxy) is 2. The molecule has 35 heavy (non-hydrogen) atoms. The van der Waals surface area contributed by atoms with Crippen LogP contribution in [-0.4, -0.2) is 27.1 Å². The number of rotatable bonds is 5. The summed E-state index contributed by atoms with van der Waals surface area (Å²) >= 11 is 0. The molecule has 3 aromatic rings. The first-order chi connectivity index (χ1) is 16.7. The Bertz CT molecular complexity index is 1350. The van der Waals surface area contributed by atoms with Crippen LogP contribution in [0.15, 0.2) is 53.5 Å². The molecule has 1 atom stereocenters. The minimum Gasteiger partial charge on any atom is -0.473 e. The summed E-state index contributed by atoms with van der Waals surface area (Å²) < 4.78 is 79.6. The molecule has 0 saturated carbocycles. The first-order valence-corrected chi connectivity index (χ1v) is 10.5. The number of aromatic nitrogens is 3. The number of anilines is 1. The number of benzene rings is 1. The molecule has 0 fully saturated rings. The Labute approximate surface area is 195 Å². The maximum absolute atomic E-state index is 14.5. The molecule has 0 saturated heterocycles. The van der Waals surface area contributed by atoms with Gasteiger partial charge in [-0.1, -0.05) is 12.2 Å². The van der Waals surface area contributed by atoms with E-state index in [0.29, 0.717) is 25.0 Å². The van der Waals surface area contributed by atoms with Crippen molar-refractivity contribution in [3.05, 3.63) is 82.1 Å². The van der Waals surface area contributed by atoms with Crippen LogP contribution in [0.3, 0.4) is 0 Å². The minimum atomic E-state index is -4.74. The number of nitrogens with zero attached hydrogens (tertiary/aromatic N) is 4. The van der Waals surface area contributed by atoms with E-state index >= 15 is 0 Å². The largest absolute Gasteiger partial charge is 0.473 e. The van der Waals surface area contributed by atoms with Gasteiger partial charge in [0, 0.05) is 31.4 Å². The molecule has 7 nitrogen and oxygen atoms in total. The smallest absolute Gasteiger partial charge is 0.433 e. The van der Waals surface area contributed by atoms with Gasteiger partial charge in [-0.25, -0.2) is 13.6 Å². The van der Waals surface area contributed by atoms with Crippen LogP contribution in [-0.2, 0) is 19.3 Å². The third-order valence-electron chi connectivity index (χ3n) is 5.66. The number of hydrogen-bond donors (Lipinski definition) is 0. The monoisotopic (exact) mass is 492 g/mol. The van der Waals surface area contributed by atoms with E-state index in [9.17, 15) is 26.7 Å². The fraction of sp³-hybridized carbons (Fsp3) is 0.261. The lowest BCUT2D eigenvalue weighted by Crippen LogP contribution is -2.33. The molecule has 2 aliphatic rings. The standard InChI is InChI=1S/C23H17F5N4O3/c24-16-7-13(8-17(25)21(16)35-15-4-5-29-18(9-15)23(26,27)28)12-34-19-10-20-31-6-2-1-3-14(31)11-32(20)22(33)30-19/h1-2,4-5,7-10,14H,3,6,11-12H2/t14-/m1/s1. The van der Waals surface area contributed by atoms with Crippen molar-refractivity contribution >= 4 is 5.82 Å². The fourth-order valence-corrected chi connectivity index (χ4v) is 4.04. The molecule has 2 aliphatic heterocycles. The third kappa shape index (κ3) is 4.55. The van der Waals surface area contributed by atoms with E-state index < -0.39 is 40.7 Å². The van der Waals surface area contributed by atoms with Gasteiger partial charge in [0.05, 0.1) is 6.04 Å². The highest BCUT2D eigenvalue weighted by Crippen LogP contribution is 2.34. The van der Waals surface area contributed by atoms with E-state index in [1.165, 1.54) is 0 Å². The van der Waals surface area contributed by atoms with E-state index in [-0.39, 0.29) is 24.1 Å². The molecular formula is C23H17F5N4O3. The number of alkyl halides is 3. The average Bonchev–Trinajstić information content (AvgIpc) is 3.19. The second kappa shape index (κ2) is 8.67. The average molecular weight is 492 g/mol. The van der Waals surface area contributed by atoms with Crippen LogP contribution in [0, 0.1) is 11.6 Å². The second-order valence-electron chi connectivity index (χ2n) is 8.01. The van der Waals surface area contributed by atoms with Crippen molar-refractivity contribution in [2.24, 2.45) is 0 Å². The van der Waals surface area contributed by atoms with Gasteiger partial charge >= 0.3 is 11.9 Å². The lowest BCUT2D eigenvalue weighted by molar-refractivity contribution is -0.141. The van der Waals surface area contributed by atoms with Crippen molar-refractivity contribution in [3.8, 4) is 17.4 Å². The summed E-state index contributed by atoms with van der Waals surface area (Å²) in [4.78, 5) is 21.5. The summed E-state index contributed by atoms with van der Waals surface area (Å²) in [6, 6.07) is 5.20. The molecule has 4 heterocycles. The summed E-state index contributed by atoms with van der Waals surface area (Å²) in [5.74, 6) is -2.91. The predicted molar refractivity (Wildman–Crippen MR) is 113 cm³/mol. The normalized spacial score (nSPS) is 16.7. The second-order valence-corrected chi connectivity index (χ2v) is 8.01. The Morgan fingerprint density at radius 3 is 2.60 bits per heavy atom. The van der Waals surface area contributed by atoms with Crippen molar-refractivity contribution in [2.75, 3.05) is 11.4 Å². The van der Waals surface area contributed by atoms with Crippen molar-refractivity contribution in [1.82, 2.24) is 14.5 Å². The number of fused-ring (bicyclic) bond motifs is 3. The molecule has 0 aliphatic carbocycles. The molecule has 0 bridgehead atoms. The lowest BCUT2D eigenvalue weighted by atomic mass is 10.1. The molecule has 0 spiro atoms. The van der Waals surface area contributed by atoms with Crippen molar-refractivity contribution < 1.29 is 31.4 Å². The summed E-state index contributed by atoms with van der Waals surface area (Å²) in [7, 11) is 0. The zero-order chi connectivity index (χ0) is 24.7. The summed E-state index contributed by atoms with van der Waals surface area (Å²) in [6.07, 6.45) is 0.954. The van der Waals surface area contributed by atoms with Crippen LogP contribution in [0.4, 0.5) is 27.8 Å². The Kier molecular flexibility index (Phi) is 5.65. The third-order valence-corrected chi connectivity index (χ3v) is 5.66. The Morgan fingerprint density at radius 2 is 1.86 bits per heavy atom. The first-order valence-electron chi connectivity index (χ1n) is 10.5. The van der Waals surface area contributed by atoms with E-state index in [2.05, 4.69) is 20.9 Å². The van der Waals surface area contributed by atoms with Gasteiger partial charge < -0.3 is 14.4 Å². The van der Waals surface area contributed by atoms with Crippen molar-refractivity contribution in [2.45, 2.75) is 31.8 Å². The molecule has 2 aromatic heterocycles. The highest BCUT2D eigenvalue weighted by atomic mass is 19.4. The Morgan fingerprint density at radius 1 is 1.09 bits per heavy atom. The number of pyridine rings is 1. The van der Waals surface area contributed by atoms with Gasteiger partial charge in [-0.2, -0.15) is 18.2 Å². The molecule has 0 N–H and O–H groups in total. The van der Waals surface area contributed by atoms with Crippen LogP contribution in [0.1, 0.15) is 17.7 Å². The molecule has 0 amide bonds. The topological polar surface area (TPSA) is 69.5 Å². The zero-order valence-corrected chi connectivity index (χ0v) is 17.9.